The van der Waals surface area contributed by atoms with Gasteiger partial charge in [-0.25, -0.2) is 0 Å². The van der Waals surface area contributed by atoms with E-state index >= 15 is 0 Å². The summed E-state index contributed by atoms with van der Waals surface area (Å²) in [6.45, 7) is 11.6. The Morgan fingerprint density at radius 3 is 2.07 bits per heavy atom. The van der Waals surface area contributed by atoms with Crippen molar-refractivity contribution in [3.63, 3.8) is 0 Å². The van der Waals surface area contributed by atoms with Crippen LogP contribution in [0.2, 0.25) is 18.1 Å². The summed E-state index contributed by atoms with van der Waals surface area (Å²) in [6.07, 6.45) is 7.92. The van der Waals surface area contributed by atoms with Gasteiger partial charge in [0.15, 0.2) is 8.32 Å². The Bertz CT molecular complexity index is 175. The molecule has 0 amide bonds. The SMILES string of the molecule is CC(C)(C)[Si](C)(C)OC1CC[CH]CC1. The molecule has 0 aromatic heterocycles. The second-order valence-electron chi connectivity index (χ2n) is 5.94. The summed E-state index contributed by atoms with van der Waals surface area (Å²) in [4.78, 5) is 0. The standard InChI is InChI=1S/C12H25OSi/c1-12(2,3)14(4,5)13-11-9-7-6-8-10-11/h6,11H,7-10H2,1-5H3. The van der Waals surface area contributed by atoms with E-state index in [9.17, 15) is 0 Å². The first-order valence-corrected chi connectivity index (χ1v) is 8.73. The number of rotatable bonds is 2. The molecule has 1 aliphatic rings. The molecule has 1 saturated carbocycles. The van der Waals surface area contributed by atoms with Crippen LogP contribution in [-0.2, 0) is 4.43 Å². The fourth-order valence-corrected chi connectivity index (χ4v) is 3.03. The first kappa shape index (κ1) is 12.2. The van der Waals surface area contributed by atoms with Crippen molar-refractivity contribution in [3.05, 3.63) is 6.42 Å². The zero-order chi connectivity index (χ0) is 10.8. The van der Waals surface area contributed by atoms with Crippen molar-refractivity contribution in [2.45, 2.75) is 70.7 Å². The van der Waals surface area contributed by atoms with Gasteiger partial charge in [-0.3, -0.25) is 0 Å². The Hall–Kier alpha value is 0.177. The molecule has 0 aromatic rings. The van der Waals surface area contributed by atoms with E-state index in [-0.39, 0.29) is 0 Å². The largest absolute Gasteiger partial charge is 0.414 e. The van der Waals surface area contributed by atoms with Crippen LogP contribution in [0.15, 0.2) is 0 Å². The van der Waals surface area contributed by atoms with E-state index in [1.807, 2.05) is 0 Å². The van der Waals surface area contributed by atoms with Crippen LogP contribution in [0.25, 0.3) is 0 Å². The zero-order valence-corrected chi connectivity index (χ0v) is 11.4. The van der Waals surface area contributed by atoms with Gasteiger partial charge < -0.3 is 4.43 Å². The van der Waals surface area contributed by atoms with Gasteiger partial charge in [-0.1, -0.05) is 20.8 Å². The first-order valence-electron chi connectivity index (χ1n) is 5.82. The monoisotopic (exact) mass is 213 g/mol. The summed E-state index contributed by atoms with van der Waals surface area (Å²) >= 11 is 0. The van der Waals surface area contributed by atoms with Crippen LogP contribution in [0.3, 0.4) is 0 Å². The van der Waals surface area contributed by atoms with Gasteiger partial charge in [0, 0.05) is 6.10 Å². The van der Waals surface area contributed by atoms with Crippen LogP contribution in [0.5, 0.6) is 0 Å². The van der Waals surface area contributed by atoms with E-state index in [1.165, 1.54) is 25.7 Å². The minimum atomic E-state index is -1.51. The van der Waals surface area contributed by atoms with Crippen molar-refractivity contribution in [3.8, 4) is 0 Å². The zero-order valence-electron chi connectivity index (χ0n) is 10.4. The molecule has 2 heteroatoms. The van der Waals surface area contributed by atoms with Crippen LogP contribution in [-0.4, -0.2) is 14.4 Å². The third-order valence-corrected chi connectivity index (χ3v) is 8.19. The lowest BCUT2D eigenvalue weighted by atomic mass is 9.98. The molecule has 1 fully saturated rings. The molecule has 1 radical (unpaired) electrons. The third-order valence-electron chi connectivity index (χ3n) is 3.65. The van der Waals surface area contributed by atoms with E-state index in [1.54, 1.807) is 0 Å². The topological polar surface area (TPSA) is 9.23 Å². The van der Waals surface area contributed by atoms with E-state index in [0.717, 1.165) is 0 Å². The van der Waals surface area contributed by atoms with Gasteiger partial charge >= 0.3 is 0 Å². The van der Waals surface area contributed by atoms with Crippen LogP contribution in [0, 0.1) is 6.42 Å². The van der Waals surface area contributed by atoms with Crippen molar-refractivity contribution in [1.82, 2.24) is 0 Å². The molecule has 0 aliphatic heterocycles. The van der Waals surface area contributed by atoms with E-state index in [0.29, 0.717) is 11.1 Å². The highest BCUT2D eigenvalue weighted by molar-refractivity contribution is 6.74. The van der Waals surface area contributed by atoms with Gasteiger partial charge in [-0.15, -0.1) is 0 Å². The highest BCUT2D eigenvalue weighted by Gasteiger charge is 2.39. The normalized spacial score (nSPS) is 21.2. The molecule has 14 heavy (non-hydrogen) atoms. The molecule has 1 aliphatic carbocycles. The van der Waals surface area contributed by atoms with Crippen LogP contribution in [0.4, 0.5) is 0 Å². The van der Waals surface area contributed by atoms with Gasteiger partial charge in [0.05, 0.1) is 0 Å². The Balaban J connectivity index is 2.49. The maximum atomic E-state index is 6.36. The predicted octanol–water partition coefficient (Wildman–Crippen LogP) is 4.16. The second kappa shape index (κ2) is 4.36. The Labute approximate surface area is 90.4 Å². The second-order valence-corrected chi connectivity index (χ2v) is 10.7. The Morgan fingerprint density at radius 2 is 1.64 bits per heavy atom. The minimum Gasteiger partial charge on any atom is -0.414 e. The predicted molar refractivity (Wildman–Crippen MR) is 64.8 cm³/mol. The maximum absolute atomic E-state index is 6.36. The summed E-state index contributed by atoms with van der Waals surface area (Å²) in [5.41, 5.74) is 0. The number of hydrogen-bond donors (Lipinski definition) is 0. The fourth-order valence-electron chi connectivity index (χ4n) is 1.61. The highest BCUT2D eigenvalue weighted by Crippen LogP contribution is 2.38. The molecular weight excluding hydrogens is 188 g/mol. The van der Waals surface area contributed by atoms with Crippen LogP contribution < -0.4 is 0 Å². The molecule has 0 unspecified atom stereocenters. The Morgan fingerprint density at radius 1 is 1.14 bits per heavy atom. The summed E-state index contributed by atoms with van der Waals surface area (Å²) < 4.78 is 6.36. The lowest BCUT2D eigenvalue weighted by Gasteiger charge is -2.40. The van der Waals surface area contributed by atoms with Gasteiger partial charge in [0.2, 0.25) is 0 Å². The van der Waals surface area contributed by atoms with Crippen molar-refractivity contribution >= 4 is 8.32 Å². The summed E-state index contributed by atoms with van der Waals surface area (Å²) in [6, 6.07) is 0. The molecule has 83 valence electrons. The summed E-state index contributed by atoms with van der Waals surface area (Å²) in [5.74, 6) is 0. The van der Waals surface area contributed by atoms with Crippen LogP contribution >= 0.6 is 0 Å². The smallest absolute Gasteiger partial charge is 0.192 e. The average molecular weight is 213 g/mol. The molecule has 0 heterocycles. The molecule has 1 nitrogen and oxygen atoms in total. The van der Waals surface area contributed by atoms with E-state index in [2.05, 4.69) is 40.3 Å². The molecule has 1 rings (SSSR count). The Kier molecular flexibility index (Phi) is 3.81. The van der Waals surface area contributed by atoms with Crippen molar-refractivity contribution in [2.75, 3.05) is 0 Å². The molecule has 0 N–H and O–H groups in total. The van der Waals surface area contributed by atoms with Crippen molar-refractivity contribution < 1.29 is 4.43 Å². The maximum Gasteiger partial charge on any atom is 0.192 e. The molecule has 0 saturated heterocycles. The lowest BCUT2D eigenvalue weighted by Crippen LogP contribution is -2.44. The molecule has 0 bridgehead atoms. The molecular formula is C12H25OSi. The van der Waals surface area contributed by atoms with E-state index in [4.69, 9.17) is 4.43 Å². The summed E-state index contributed by atoms with van der Waals surface area (Å²) in [7, 11) is -1.51. The van der Waals surface area contributed by atoms with Gasteiger partial charge in [-0.2, -0.15) is 0 Å². The van der Waals surface area contributed by atoms with Crippen LogP contribution in [0.1, 0.15) is 46.5 Å². The average Bonchev–Trinajstić information content (AvgIpc) is 2.03. The minimum absolute atomic E-state index is 0.355. The molecule has 0 spiro atoms. The fraction of sp³-hybridized carbons (Fsp3) is 0.917. The quantitative estimate of drug-likeness (QED) is 0.626. The van der Waals surface area contributed by atoms with Gasteiger partial charge in [-0.05, 0) is 50.2 Å². The molecule has 0 aromatic carbocycles. The highest BCUT2D eigenvalue weighted by atomic mass is 28.4. The van der Waals surface area contributed by atoms with E-state index < -0.39 is 8.32 Å². The lowest BCUT2D eigenvalue weighted by molar-refractivity contribution is 0.149. The van der Waals surface area contributed by atoms with Crippen molar-refractivity contribution in [1.29, 1.82) is 0 Å². The van der Waals surface area contributed by atoms with Gasteiger partial charge in [0.25, 0.3) is 0 Å². The first-order chi connectivity index (χ1) is 6.33. The van der Waals surface area contributed by atoms with Gasteiger partial charge in [0.1, 0.15) is 0 Å². The number of hydrogen-bond acceptors (Lipinski definition) is 1. The van der Waals surface area contributed by atoms with Crippen molar-refractivity contribution in [2.24, 2.45) is 0 Å². The summed E-state index contributed by atoms with van der Waals surface area (Å²) in [5, 5.41) is 0.355. The molecule has 0 atom stereocenters. The third kappa shape index (κ3) is 3.09.